The molecule has 0 N–H and O–H groups in total. The molecule has 2 aromatic heterocycles. The van der Waals surface area contributed by atoms with Crippen LogP contribution in [0.15, 0.2) is 116 Å². The molecule has 2 heterocycles. The highest BCUT2D eigenvalue weighted by molar-refractivity contribution is 6.17. The predicted molar refractivity (Wildman–Crippen MR) is 134 cm³/mol. The minimum Gasteiger partial charge on any atom is -0.277 e. The Balaban J connectivity index is 1.76. The summed E-state index contributed by atoms with van der Waals surface area (Å²) in [6.45, 7) is 0. The van der Waals surface area contributed by atoms with E-state index in [1.165, 1.54) is 38.8 Å². The van der Waals surface area contributed by atoms with Crippen LogP contribution < -0.4 is 0 Å². The Bertz CT molecular complexity index is 1650. The van der Waals surface area contributed by atoms with E-state index in [4.69, 9.17) is 0 Å². The van der Waals surface area contributed by atoms with Crippen LogP contribution in [0.25, 0.3) is 61.5 Å². The molecule has 0 radical (unpaired) electrons. The highest BCUT2D eigenvalue weighted by Crippen LogP contribution is 2.52. The molecule has 0 unspecified atom stereocenters. The zero-order valence-corrected chi connectivity index (χ0v) is 17.8. The zero-order chi connectivity index (χ0) is 21.8. The number of hydrogen-bond donors (Lipinski definition) is 0. The molecule has 1 aliphatic carbocycles. The van der Waals surface area contributed by atoms with Gasteiger partial charge >= 0.3 is 0 Å². The Labute approximate surface area is 191 Å². The maximum atomic E-state index is 4.66. The first-order valence-electron chi connectivity index (χ1n) is 11.1. The van der Waals surface area contributed by atoms with Gasteiger partial charge in [0.1, 0.15) is 0 Å². The van der Waals surface area contributed by atoms with Gasteiger partial charge in [0.25, 0.3) is 0 Å². The summed E-state index contributed by atoms with van der Waals surface area (Å²) in [7, 11) is 0. The number of rotatable bonds is 2. The second-order valence-corrected chi connectivity index (χ2v) is 8.26. The van der Waals surface area contributed by atoms with E-state index in [0.717, 1.165) is 16.8 Å². The number of fused-ring (bicyclic) bond motifs is 5. The SMILES string of the molecule is c1ccc(-c2c3c4c(cccc4n2-c2ncccn2)-c2ccccc2-c2ccccc2-3)cc1. The van der Waals surface area contributed by atoms with Crippen molar-refractivity contribution < 1.29 is 0 Å². The van der Waals surface area contributed by atoms with Gasteiger partial charge in [0.2, 0.25) is 5.95 Å². The van der Waals surface area contributed by atoms with Crippen LogP contribution in [0, 0.1) is 0 Å². The molecule has 0 amide bonds. The molecule has 0 saturated carbocycles. The monoisotopic (exact) mass is 421 g/mol. The lowest BCUT2D eigenvalue weighted by atomic mass is 9.93. The van der Waals surface area contributed by atoms with Crippen molar-refractivity contribution in [3.8, 4) is 50.6 Å². The van der Waals surface area contributed by atoms with Gasteiger partial charge in [-0.05, 0) is 45.5 Å². The Morgan fingerprint density at radius 3 is 1.79 bits per heavy atom. The number of hydrogen-bond acceptors (Lipinski definition) is 2. The molecule has 4 aromatic carbocycles. The van der Waals surface area contributed by atoms with Crippen LogP contribution in [0.2, 0.25) is 0 Å². The fourth-order valence-electron chi connectivity index (χ4n) is 5.20. The van der Waals surface area contributed by atoms with Gasteiger partial charge in [-0.25, -0.2) is 9.97 Å². The molecule has 0 fully saturated rings. The standard InChI is InChI=1S/C30H19N3/c1-2-10-20(11-3-1)29-28-25-15-7-6-14-23(25)21-12-4-5-13-22(21)24-16-8-17-26(27(24)28)33(29)30-31-18-9-19-32-30/h1-19H. The maximum absolute atomic E-state index is 4.66. The lowest BCUT2D eigenvalue weighted by Crippen LogP contribution is -2.02. The molecule has 0 aliphatic heterocycles. The Morgan fingerprint density at radius 1 is 0.485 bits per heavy atom. The van der Waals surface area contributed by atoms with Gasteiger partial charge in [0.15, 0.2) is 0 Å². The summed E-state index contributed by atoms with van der Waals surface area (Å²) in [5, 5.41) is 1.24. The van der Waals surface area contributed by atoms with E-state index in [1.54, 1.807) is 0 Å². The van der Waals surface area contributed by atoms with E-state index in [1.807, 2.05) is 18.5 Å². The molecule has 33 heavy (non-hydrogen) atoms. The third-order valence-corrected chi connectivity index (χ3v) is 6.50. The largest absolute Gasteiger partial charge is 0.277 e. The van der Waals surface area contributed by atoms with Crippen molar-refractivity contribution in [3.05, 3.63) is 116 Å². The van der Waals surface area contributed by atoms with Gasteiger partial charge in [-0.1, -0.05) is 91.0 Å². The molecular weight excluding hydrogens is 402 g/mol. The minimum atomic E-state index is 0.677. The van der Waals surface area contributed by atoms with Crippen LogP contribution in [0.5, 0.6) is 0 Å². The van der Waals surface area contributed by atoms with Crippen molar-refractivity contribution in [2.45, 2.75) is 0 Å². The minimum absolute atomic E-state index is 0.677. The van der Waals surface area contributed by atoms with Crippen molar-refractivity contribution in [2.24, 2.45) is 0 Å². The molecular formula is C30H19N3. The van der Waals surface area contributed by atoms with Crippen LogP contribution in [0.4, 0.5) is 0 Å². The molecule has 6 aromatic rings. The number of nitrogens with zero attached hydrogens (tertiary/aromatic N) is 3. The van der Waals surface area contributed by atoms with E-state index >= 15 is 0 Å². The molecule has 0 saturated heterocycles. The van der Waals surface area contributed by atoms with Crippen LogP contribution in [0.3, 0.4) is 0 Å². The lowest BCUT2D eigenvalue weighted by Gasteiger charge is -2.14. The fourth-order valence-corrected chi connectivity index (χ4v) is 5.20. The number of benzene rings is 4. The molecule has 3 heteroatoms. The lowest BCUT2D eigenvalue weighted by molar-refractivity contribution is 0.968. The summed E-state index contributed by atoms with van der Waals surface area (Å²) in [5.74, 6) is 0.677. The number of aromatic nitrogens is 3. The van der Waals surface area contributed by atoms with Crippen molar-refractivity contribution in [2.75, 3.05) is 0 Å². The first kappa shape index (κ1) is 18.1. The smallest absolute Gasteiger partial charge is 0.234 e. The summed E-state index contributed by atoms with van der Waals surface area (Å²) in [6, 6.07) is 36.5. The van der Waals surface area contributed by atoms with Crippen LogP contribution >= 0.6 is 0 Å². The summed E-state index contributed by atoms with van der Waals surface area (Å²) >= 11 is 0. The van der Waals surface area contributed by atoms with Gasteiger partial charge in [0.05, 0.1) is 11.2 Å². The van der Waals surface area contributed by atoms with Gasteiger partial charge in [-0.3, -0.25) is 4.57 Å². The third-order valence-electron chi connectivity index (χ3n) is 6.50. The molecule has 154 valence electrons. The average molecular weight is 422 g/mol. The van der Waals surface area contributed by atoms with Crippen LogP contribution in [-0.4, -0.2) is 14.5 Å². The van der Waals surface area contributed by atoms with Crippen molar-refractivity contribution in [3.63, 3.8) is 0 Å². The predicted octanol–water partition coefficient (Wildman–Crippen LogP) is 7.40. The Morgan fingerprint density at radius 2 is 1.06 bits per heavy atom. The van der Waals surface area contributed by atoms with E-state index in [0.29, 0.717) is 5.95 Å². The summed E-state index contributed by atoms with van der Waals surface area (Å²) < 4.78 is 2.22. The molecule has 0 spiro atoms. The van der Waals surface area contributed by atoms with Crippen LogP contribution in [-0.2, 0) is 0 Å². The second-order valence-electron chi connectivity index (χ2n) is 8.26. The molecule has 3 nitrogen and oxygen atoms in total. The first-order valence-corrected chi connectivity index (χ1v) is 11.1. The molecule has 7 rings (SSSR count). The quantitative estimate of drug-likeness (QED) is 0.291. The highest BCUT2D eigenvalue weighted by Gasteiger charge is 2.29. The Hall–Kier alpha value is -4.50. The van der Waals surface area contributed by atoms with E-state index < -0.39 is 0 Å². The van der Waals surface area contributed by atoms with Gasteiger partial charge in [-0.2, -0.15) is 0 Å². The van der Waals surface area contributed by atoms with E-state index in [-0.39, 0.29) is 0 Å². The normalized spacial score (nSPS) is 11.6. The van der Waals surface area contributed by atoms with Gasteiger partial charge < -0.3 is 0 Å². The highest BCUT2D eigenvalue weighted by atomic mass is 15.2. The molecule has 1 aliphatic rings. The van der Waals surface area contributed by atoms with Crippen molar-refractivity contribution in [1.82, 2.24) is 14.5 Å². The summed E-state index contributed by atoms with van der Waals surface area (Å²) in [6.07, 6.45) is 3.61. The van der Waals surface area contributed by atoms with E-state index in [9.17, 15) is 0 Å². The van der Waals surface area contributed by atoms with Gasteiger partial charge in [0, 0.05) is 23.3 Å². The molecule has 0 atom stereocenters. The van der Waals surface area contributed by atoms with E-state index in [2.05, 4.69) is 112 Å². The second kappa shape index (κ2) is 7.01. The first-order chi connectivity index (χ1) is 16.4. The van der Waals surface area contributed by atoms with Crippen molar-refractivity contribution in [1.29, 1.82) is 0 Å². The fraction of sp³-hybridized carbons (Fsp3) is 0. The third kappa shape index (κ3) is 2.56. The Kier molecular flexibility index (Phi) is 3.84. The molecule has 0 bridgehead atoms. The maximum Gasteiger partial charge on any atom is 0.234 e. The van der Waals surface area contributed by atoms with Gasteiger partial charge in [-0.15, -0.1) is 0 Å². The average Bonchev–Trinajstić information content (AvgIpc) is 3.19. The topological polar surface area (TPSA) is 30.7 Å². The summed E-state index contributed by atoms with van der Waals surface area (Å²) in [4.78, 5) is 9.32. The summed E-state index contributed by atoms with van der Waals surface area (Å²) in [5.41, 5.74) is 10.8. The zero-order valence-electron chi connectivity index (χ0n) is 17.8. The van der Waals surface area contributed by atoms with Crippen LogP contribution in [0.1, 0.15) is 0 Å². The van der Waals surface area contributed by atoms with Crippen molar-refractivity contribution >= 4 is 10.9 Å².